The SMILES string of the molecule is CC(C)(c1ccc(OC(=O)C2=CC3CCC2C3)cc1)c1ccc(OC(=O)C2=CC3CCC2C3)cc1. The van der Waals surface area contributed by atoms with Gasteiger partial charge in [0.15, 0.2) is 0 Å². The molecular formula is C31H32O4. The second kappa shape index (κ2) is 8.51. The fraction of sp³-hybridized carbons (Fsp3) is 0.419. The van der Waals surface area contributed by atoms with Crippen LogP contribution in [0.1, 0.15) is 63.5 Å². The summed E-state index contributed by atoms with van der Waals surface area (Å²) >= 11 is 0. The molecule has 4 aliphatic rings. The molecule has 0 amide bonds. The van der Waals surface area contributed by atoms with Crippen molar-refractivity contribution in [3.63, 3.8) is 0 Å². The second-order valence-electron chi connectivity index (χ2n) is 11.2. The van der Waals surface area contributed by atoms with Crippen LogP contribution in [0.4, 0.5) is 0 Å². The number of benzene rings is 2. The summed E-state index contributed by atoms with van der Waals surface area (Å²) in [6, 6.07) is 15.6. The van der Waals surface area contributed by atoms with Crippen LogP contribution in [0.15, 0.2) is 71.8 Å². The van der Waals surface area contributed by atoms with Gasteiger partial charge < -0.3 is 9.47 Å². The average Bonchev–Trinajstić information content (AvgIpc) is 3.67. The molecule has 0 aliphatic heterocycles. The van der Waals surface area contributed by atoms with E-state index in [-0.39, 0.29) is 17.4 Å². The van der Waals surface area contributed by atoms with Crippen LogP contribution < -0.4 is 9.47 Å². The highest BCUT2D eigenvalue weighted by Gasteiger charge is 2.38. The van der Waals surface area contributed by atoms with Crippen LogP contribution in [-0.4, -0.2) is 11.9 Å². The number of hydrogen-bond acceptors (Lipinski definition) is 4. The second-order valence-corrected chi connectivity index (χ2v) is 11.2. The minimum absolute atomic E-state index is 0.199. The molecule has 0 saturated heterocycles. The van der Waals surface area contributed by atoms with E-state index < -0.39 is 0 Å². The van der Waals surface area contributed by atoms with Crippen molar-refractivity contribution < 1.29 is 19.1 Å². The fourth-order valence-corrected chi connectivity index (χ4v) is 6.53. The molecule has 6 rings (SSSR count). The summed E-state index contributed by atoms with van der Waals surface area (Å²) in [6.45, 7) is 4.32. The number of hydrogen-bond donors (Lipinski definition) is 0. The molecule has 2 aromatic rings. The van der Waals surface area contributed by atoms with Crippen LogP contribution in [0.25, 0.3) is 0 Å². The van der Waals surface area contributed by atoms with E-state index in [1.54, 1.807) is 0 Å². The molecule has 4 aliphatic carbocycles. The highest BCUT2D eigenvalue weighted by atomic mass is 16.5. The lowest BCUT2D eigenvalue weighted by molar-refractivity contribution is -0.131. The Kier molecular flexibility index (Phi) is 5.43. The summed E-state index contributed by atoms with van der Waals surface area (Å²) in [6.07, 6.45) is 11.1. The van der Waals surface area contributed by atoms with Gasteiger partial charge in [-0.3, -0.25) is 0 Å². The van der Waals surface area contributed by atoms with Gasteiger partial charge in [0.2, 0.25) is 0 Å². The van der Waals surface area contributed by atoms with Crippen molar-refractivity contribution >= 4 is 11.9 Å². The maximum Gasteiger partial charge on any atom is 0.339 e. The molecule has 35 heavy (non-hydrogen) atoms. The average molecular weight is 469 g/mol. The van der Waals surface area contributed by atoms with Gasteiger partial charge in [-0.05, 0) is 97.6 Å². The summed E-state index contributed by atoms with van der Waals surface area (Å²) in [5.74, 6) is 2.67. The van der Waals surface area contributed by atoms with E-state index in [1.165, 1.54) is 12.8 Å². The zero-order valence-corrected chi connectivity index (χ0v) is 20.5. The fourth-order valence-electron chi connectivity index (χ4n) is 6.53. The van der Waals surface area contributed by atoms with E-state index in [1.807, 2.05) is 48.5 Å². The lowest BCUT2D eigenvalue weighted by Crippen LogP contribution is -2.19. The molecule has 180 valence electrons. The van der Waals surface area contributed by atoms with Gasteiger partial charge in [0.1, 0.15) is 11.5 Å². The maximum absolute atomic E-state index is 12.6. The number of allylic oxidation sites excluding steroid dienone is 2. The van der Waals surface area contributed by atoms with Gasteiger partial charge >= 0.3 is 11.9 Å². The number of carbonyl (C=O) groups excluding carboxylic acids is 2. The van der Waals surface area contributed by atoms with Crippen LogP contribution in [0.2, 0.25) is 0 Å². The van der Waals surface area contributed by atoms with Gasteiger partial charge in [0, 0.05) is 16.6 Å². The molecule has 4 nitrogen and oxygen atoms in total. The van der Waals surface area contributed by atoms with Crippen molar-refractivity contribution in [3.05, 3.63) is 83.0 Å². The number of rotatable bonds is 6. The monoisotopic (exact) mass is 468 g/mol. The zero-order chi connectivity index (χ0) is 24.2. The van der Waals surface area contributed by atoms with Gasteiger partial charge in [0.05, 0.1) is 0 Å². The first-order valence-corrected chi connectivity index (χ1v) is 13.0. The zero-order valence-electron chi connectivity index (χ0n) is 20.5. The molecule has 2 aromatic carbocycles. The van der Waals surface area contributed by atoms with Crippen molar-refractivity contribution in [2.75, 3.05) is 0 Å². The first kappa shape index (κ1) is 22.3. The van der Waals surface area contributed by atoms with Gasteiger partial charge in [-0.1, -0.05) is 50.3 Å². The van der Waals surface area contributed by atoms with E-state index in [4.69, 9.17) is 9.47 Å². The molecule has 4 bridgehead atoms. The number of fused-ring (bicyclic) bond motifs is 4. The van der Waals surface area contributed by atoms with Gasteiger partial charge in [-0.15, -0.1) is 0 Å². The Balaban J connectivity index is 1.10. The molecule has 0 spiro atoms. The van der Waals surface area contributed by atoms with Crippen LogP contribution in [0, 0.1) is 23.7 Å². The summed E-state index contributed by atoms with van der Waals surface area (Å²) in [7, 11) is 0. The van der Waals surface area contributed by atoms with E-state index in [0.717, 1.165) is 48.0 Å². The third kappa shape index (κ3) is 4.13. The number of esters is 2. The predicted octanol–water partition coefficient (Wildman–Crippen LogP) is 6.54. The highest BCUT2D eigenvalue weighted by molar-refractivity contribution is 5.92. The molecule has 4 heteroatoms. The van der Waals surface area contributed by atoms with E-state index in [9.17, 15) is 9.59 Å². The number of carbonyl (C=O) groups is 2. The lowest BCUT2D eigenvalue weighted by atomic mass is 9.78. The Hall–Kier alpha value is -3.14. The first-order valence-electron chi connectivity index (χ1n) is 13.0. The molecular weight excluding hydrogens is 436 g/mol. The summed E-state index contributed by atoms with van der Waals surface area (Å²) in [4.78, 5) is 25.2. The van der Waals surface area contributed by atoms with E-state index >= 15 is 0 Å². The predicted molar refractivity (Wildman–Crippen MR) is 134 cm³/mol. The smallest absolute Gasteiger partial charge is 0.339 e. The molecule has 4 atom stereocenters. The quantitative estimate of drug-likeness (QED) is 0.357. The van der Waals surface area contributed by atoms with Gasteiger partial charge in [-0.2, -0.15) is 0 Å². The Labute approximate surface area is 207 Å². The summed E-state index contributed by atoms with van der Waals surface area (Å²) in [5.41, 5.74) is 3.71. The minimum atomic E-state index is -0.259. The van der Waals surface area contributed by atoms with Crippen molar-refractivity contribution in [2.24, 2.45) is 23.7 Å². The van der Waals surface area contributed by atoms with Crippen molar-refractivity contribution in [2.45, 2.75) is 57.8 Å². The van der Waals surface area contributed by atoms with E-state index in [0.29, 0.717) is 35.2 Å². The molecule has 0 heterocycles. The van der Waals surface area contributed by atoms with Crippen LogP contribution in [0.5, 0.6) is 11.5 Å². The molecule has 4 unspecified atom stereocenters. The van der Waals surface area contributed by atoms with Crippen molar-refractivity contribution in [1.82, 2.24) is 0 Å². The van der Waals surface area contributed by atoms with Crippen molar-refractivity contribution in [3.8, 4) is 11.5 Å². The highest BCUT2D eigenvalue weighted by Crippen LogP contribution is 2.45. The third-order valence-electron chi connectivity index (χ3n) is 8.70. The molecule has 0 radical (unpaired) electrons. The Morgan fingerprint density at radius 1 is 0.657 bits per heavy atom. The first-order chi connectivity index (χ1) is 16.9. The van der Waals surface area contributed by atoms with Crippen LogP contribution in [-0.2, 0) is 15.0 Å². The Morgan fingerprint density at radius 2 is 1.06 bits per heavy atom. The molecule has 2 fully saturated rings. The number of ether oxygens (including phenoxy) is 2. The largest absolute Gasteiger partial charge is 0.423 e. The third-order valence-corrected chi connectivity index (χ3v) is 8.70. The summed E-state index contributed by atoms with van der Waals surface area (Å²) in [5, 5.41) is 0. The standard InChI is InChI=1S/C31H32O4/c1-31(2,23-7-11-25(12-8-23)34-29(32)27-17-19-3-5-21(27)15-19)24-9-13-26(14-10-24)35-30(33)28-18-20-4-6-22(28)16-20/h7-14,17-22H,3-6,15-16H2,1-2H3. The lowest BCUT2D eigenvalue weighted by Gasteiger charge is -2.26. The van der Waals surface area contributed by atoms with Gasteiger partial charge in [-0.25, -0.2) is 9.59 Å². The molecule has 0 aromatic heterocycles. The van der Waals surface area contributed by atoms with E-state index in [2.05, 4.69) is 26.0 Å². The molecule has 0 N–H and O–H groups in total. The Bertz CT molecular complexity index is 1120. The van der Waals surface area contributed by atoms with Crippen LogP contribution >= 0.6 is 0 Å². The minimum Gasteiger partial charge on any atom is -0.423 e. The maximum atomic E-state index is 12.6. The Morgan fingerprint density at radius 3 is 1.37 bits per heavy atom. The van der Waals surface area contributed by atoms with Crippen LogP contribution in [0.3, 0.4) is 0 Å². The molecule has 2 saturated carbocycles. The topological polar surface area (TPSA) is 52.6 Å². The summed E-state index contributed by atoms with van der Waals surface area (Å²) < 4.78 is 11.4. The normalized spacial score (nSPS) is 26.5. The van der Waals surface area contributed by atoms with Gasteiger partial charge in [0.25, 0.3) is 0 Å². The van der Waals surface area contributed by atoms with Crippen molar-refractivity contribution in [1.29, 1.82) is 0 Å².